The van der Waals surface area contributed by atoms with Crippen molar-refractivity contribution in [2.24, 2.45) is 0 Å². The second kappa shape index (κ2) is 6.83. The van der Waals surface area contributed by atoms with E-state index in [1.54, 1.807) is 18.9 Å². The standard InChI is InChI=1S/C11H22N2O3/c1-10(14)3-4-12(2)11(15)9-13-5-7-16-8-6-13/h10,14H,3-9H2,1-2H3. The van der Waals surface area contributed by atoms with Gasteiger partial charge in [-0.3, -0.25) is 9.69 Å². The molecule has 0 radical (unpaired) electrons. The van der Waals surface area contributed by atoms with Gasteiger partial charge in [-0.1, -0.05) is 0 Å². The predicted molar refractivity (Wildman–Crippen MR) is 61.2 cm³/mol. The number of carbonyl (C=O) groups excluding carboxylic acids is 1. The molecule has 0 aromatic heterocycles. The van der Waals surface area contributed by atoms with Crippen molar-refractivity contribution >= 4 is 5.91 Å². The van der Waals surface area contributed by atoms with Gasteiger partial charge in [0.15, 0.2) is 0 Å². The fraction of sp³-hybridized carbons (Fsp3) is 0.909. The topological polar surface area (TPSA) is 53.0 Å². The van der Waals surface area contributed by atoms with Crippen molar-refractivity contribution in [3.63, 3.8) is 0 Å². The normalized spacial score (nSPS) is 19.4. The molecule has 1 saturated heterocycles. The highest BCUT2D eigenvalue weighted by Gasteiger charge is 2.16. The molecule has 1 amide bonds. The zero-order valence-corrected chi connectivity index (χ0v) is 10.2. The molecule has 5 heteroatoms. The molecule has 0 spiro atoms. The van der Waals surface area contributed by atoms with Gasteiger partial charge >= 0.3 is 0 Å². The van der Waals surface area contributed by atoms with Gasteiger partial charge in [-0.2, -0.15) is 0 Å². The molecule has 94 valence electrons. The van der Waals surface area contributed by atoms with E-state index in [9.17, 15) is 4.79 Å². The highest BCUT2D eigenvalue weighted by Crippen LogP contribution is 1.99. The van der Waals surface area contributed by atoms with Crippen molar-refractivity contribution in [2.75, 3.05) is 46.4 Å². The summed E-state index contributed by atoms with van der Waals surface area (Å²) in [6, 6.07) is 0. The van der Waals surface area contributed by atoms with Crippen molar-refractivity contribution in [1.29, 1.82) is 0 Å². The van der Waals surface area contributed by atoms with Crippen LogP contribution in [0, 0.1) is 0 Å². The largest absolute Gasteiger partial charge is 0.393 e. The maximum Gasteiger partial charge on any atom is 0.236 e. The van der Waals surface area contributed by atoms with Crippen LogP contribution in [0.4, 0.5) is 0 Å². The maximum absolute atomic E-state index is 11.8. The Morgan fingerprint density at radius 3 is 2.69 bits per heavy atom. The molecule has 0 saturated carbocycles. The first kappa shape index (κ1) is 13.4. The summed E-state index contributed by atoms with van der Waals surface area (Å²) in [5, 5.41) is 9.14. The SMILES string of the molecule is CC(O)CCN(C)C(=O)CN1CCOCC1. The lowest BCUT2D eigenvalue weighted by molar-refractivity contribution is -0.132. The molecule has 1 N–H and O–H groups in total. The number of ether oxygens (including phenoxy) is 1. The first-order chi connectivity index (χ1) is 7.59. The van der Waals surface area contributed by atoms with Crippen LogP contribution in [-0.2, 0) is 9.53 Å². The number of amides is 1. The number of likely N-dealkylation sites (N-methyl/N-ethyl adjacent to an activating group) is 1. The van der Waals surface area contributed by atoms with Gasteiger partial charge in [-0.25, -0.2) is 0 Å². The maximum atomic E-state index is 11.8. The van der Waals surface area contributed by atoms with Gasteiger partial charge in [0.25, 0.3) is 0 Å². The summed E-state index contributed by atoms with van der Waals surface area (Å²) in [5.74, 6) is 0.113. The molecule has 1 rings (SSSR count). The van der Waals surface area contributed by atoms with Crippen LogP contribution in [0.5, 0.6) is 0 Å². The number of aliphatic hydroxyl groups excluding tert-OH is 1. The van der Waals surface area contributed by atoms with Gasteiger partial charge in [0.2, 0.25) is 5.91 Å². The summed E-state index contributed by atoms with van der Waals surface area (Å²) in [5.41, 5.74) is 0. The molecule has 0 aliphatic carbocycles. The van der Waals surface area contributed by atoms with Crippen LogP contribution in [0.25, 0.3) is 0 Å². The number of morpholine rings is 1. The molecule has 1 unspecified atom stereocenters. The van der Waals surface area contributed by atoms with E-state index < -0.39 is 0 Å². The third-order valence-electron chi connectivity index (χ3n) is 2.77. The van der Waals surface area contributed by atoms with E-state index in [4.69, 9.17) is 9.84 Å². The Hall–Kier alpha value is -0.650. The van der Waals surface area contributed by atoms with E-state index in [1.807, 2.05) is 0 Å². The molecule has 0 aromatic rings. The number of rotatable bonds is 5. The Labute approximate surface area is 97.0 Å². The van der Waals surface area contributed by atoms with E-state index >= 15 is 0 Å². The number of nitrogens with zero attached hydrogens (tertiary/aromatic N) is 2. The zero-order valence-electron chi connectivity index (χ0n) is 10.2. The minimum absolute atomic E-state index is 0.113. The average Bonchev–Trinajstić information content (AvgIpc) is 2.27. The van der Waals surface area contributed by atoms with Crippen molar-refractivity contribution < 1.29 is 14.6 Å². The minimum Gasteiger partial charge on any atom is -0.393 e. The number of aliphatic hydroxyl groups is 1. The van der Waals surface area contributed by atoms with E-state index in [0.29, 0.717) is 32.7 Å². The van der Waals surface area contributed by atoms with Crippen molar-refractivity contribution in [3.05, 3.63) is 0 Å². The second-order valence-electron chi connectivity index (χ2n) is 4.34. The monoisotopic (exact) mass is 230 g/mol. The molecule has 1 fully saturated rings. The molecular weight excluding hydrogens is 208 g/mol. The first-order valence-electron chi connectivity index (χ1n) is 5.81. The van der Waals surface area contributed by atoms with Gasteiger partial charge in [0.1, 0.15) is 0 Å². The Kier molecular flexibility index (Phi) is 5.73. The smallest absolute Gasteiger partial charge is 0.236 e. The third-order valence-corrected chi connectivity index (χ3v) is 2.77. The summed E-state index contributed by atoms with van der Waals surface area (Å²) < 4.78 is 5.22. The van der Waals surface area contributed by atoms with Gasteiger partial charge in [-0.15, -0.1) is 0 Å². The molecule has 1 aliphatic heterocycles. The van der Waals surface area contributed by atoms with Gasteiger partial charge in [0.05, 0.1) is 25.9 Å². The van der Waals surface area contributed by atoms with Crippen molar-refractivity contribution in [3.8, 4) is 0 Å². The average molecular weight is 230 g/mol. The van der Waals surface area contributed by atoms with Crippen LogP contribution in [0.15, 0.2) is 0 Å². The van der Waals surface area contributed by atoms with E-state index in [1.165, 1.54) is 0 Å². The molecular formula is C11H22N2O3. The fourth-order valence-electron chi connectivity index (χ4n) is 1.58. The van der Waals surface area contributed by atoms with Gasteiger partial charge in [0, 0.05) is 26.7 Å². The molecule has 0 aromatic carbocycles. The highest BCUT2D eigenvalue weighted by molar-refractivity contribution is 5.77. The lowest BCUT2D eigenvalue weighted by Crippen LogP contribution is -2.44. The van der Waals surface area contributed by atoms with Crippen LogP contribution in [0.3, 0.4) is 0 Å². The molecule has 0 bridgehead atoms. The minimum atomic E-state index is -0.348. The third kappa shape index (κ3) is 4.92. The fourth-order valence-corrected chi connectivity index (χ4v) is 1.58. The van der Waals surface area contributed by atoms with Crippen LogP contribution in [-0.4, -0.2) is 73.4 Å². The van der Waals surface area contributed by atoms with Gasteiger partial charge < -0.3 is 14.7 Å². The van der Waals surface area contributed by atoms with E-state index in [0.717, 1.165) is 13.1 Å². The highest BCUT2D eigenvalue weighted by atomic mass is 16.5. The van der Waals surface area contributed by atoms with E-state index in [2.05, 4.69) is 4.90 Å². The summed E-state index contributed by atoms with van der Waals surface area (Å²) in [6.07, 6.45) is 0.282. The summed E-state index contributed by atoms with van der Waals surface area (Å²) in [6.45, 7) is 5.89. The Morgan fingerprint density at radius 1 is 1.50 bits per heavy atom. The molecule has 1 atom stereocenters. The van der Waals surface area contributed by atoms with Crippen LogP contribution in [0.2, 0.25) is 0 Å². The van der Waals surface area contributed by atoms with Crippen LogP contribution >= 0.6 is 0 Å². The first-order valence-corrected chi connectivity index (χ1v) is 5.81. The number of hydrogen-bond donors (Lipinski definition) is 1. The quantitative estimate of drug-likeness (QED) is 0.695. The van der Waals surface area contributed by atoms with Crippen LogP contribution in [0.1, 0.15) is 13.3 Å². The Morgan fingerprint density at radius 2 is 2.12 bits per heavy atom. The summed E-state index contributed by atoms with van der Waals surface area (Å²) in [4.78, 5) is 15.6. The summed E-state index contributed by atoms with van der Waals surface area (Å²) in [7, 11) is 1.78. The molecule has 1 heterocycles. The molecule has 16 heavy (non-hydrogen) atoms. The molecule has 5 nitrogen and oxygen atoms in total. The van der Waals surface area contributed by atoms with Crippen LogP contribution < -0.4 is 0 Å². The van der Waals surface area contributed by atoms with Gasteiger partial charge in [-0.05, 0) is 13.3 Å². The second-order valence-corrected chi connectivity index (χ2v) is 4.34. The molecule has 1 aliphatic rings. The number of hydrogen-bond acceptors (Lipinski definition) is 4. The van der Waals surface area contributed by atoms with E-state index in [-0.39, 0.29) is 12.0 Å². The lowest BCUT2D eigenvalue weighted by Gasteiger charge is -2.28. The Balaban J connectivity index is 2.22. The lowest BCUT2D eigenvalue weighted by atomic mass is 10.2. The predicted octanol–water partition coefficient (Wildman–Crippen LogP) is -0.452. The Bertz CT molecular complexity index is 215. The number of carbonyl (C=O) groups is 1. The van der Waals surface area contributed by atoms with Crippen molar-refractivity contribution in [2.45, 2.75) is 19.4 Å². The zero-order chi connectivity index (χ0) is 12.0. The summed E-state index contributed by atoms with van der Waals surface area (Å²) >= 11 is 0. The van der Waals surface area contributed by atoms with Crippen molar-refractivity contribution in [1.82, 2.24) is 9.80 Å².